The number of carbonyl (C=O) groups excluding carboxylic acids is 1. The number of rotatable bonds is 2. The maximum atomic E-state index is 12.0. The zero-order chi connectivity index (χ0) is 13.1. The van der Waals surface area contributed by atoms with E-state index in [1.807, 2.05) is 36.1 Å². The highest BCUT2D eigenvalue weighted by atomic mass is 16.2. The number of nitrogens with one attached hydrogen (secondary N) is 1. The Morgan fingerprint density at radius 1 is 1.44 bits per heavy atom. The average molecular weight is 247 g/mol. The molecule has 2 atom stereocenters. The Kier molecular flexibility index (Phi) is 3.87. The summed E-state index contributed by atoms with van der Waals surface area (Å²) in [6.45, 7) is 5.82. The van der Waals surface area contributed by atoms with Gasteiger partial charge in [-0.25, -0.2) is 4.79 Å². The van der Waals surface area contributed by atoms with Crippen molar-refractivity contribution in [2.24, 2.45) is 11.7 Å². The Morgan fingerprint density at radius 3 is 2.61 bits per heavy atom. The van der Waals surface area contributed by atoms with Crippen LogP contribution in [0.25, 0.3) is 0 Å². The quantitative estimate of drug-likeness (QED) is 0.844. The first-order valence-electron chi connectivity index (χ1n) is 6.47. The van der Waals surface area contributed by atoms with E-state index >= 15 is 0 Å². The van der Waals surface area contributed by atoms with E-state index in [1.165, 1.54) is 0 Å². The number of likely N-dealkylation sites (tertiary alicyclic amines) is 1. The fourth-order valence-electron chi connectivity index (χ4n) is 2.19. The second-order valence-electron chi connectivity index (χ2n) is 5.18. The highest BCUT2D eigenvalue weighted by molar-refractivity contribution is 5.89. The van der Waals surface area contributed by atoms with Crippen LogP contribution in [0.1, 0.15) is 31.9 Å². The Bertz CT molecular complexity index is 414. The number of hydrogen-bond donors (Lipinski definition) is 2. The summed E-state index contributed by atoms with van der Waals surface area (Å²) in [5.41, 5.74) is 7.68. The lowest BCUT2D eigenvalue weighted by Crippen LogP contribution is -2.32. The van der Waals surface area contributed by atoms with E-state index in [2.05, 4.69) is 12.2 Å². The SMILES string of the molecule is CC1CCN(C(=O)Nc2ccc(C(C)N)cc2)C1. The van der Waals surface area contributed by atoms with Crippen molar-refractivity contribution in [1.29, 1.82) is 0 Å². The highest BCUT2D eigenvalue weighted by Crippen LogP contribution is 2.18. The number of benzene rings is 1. The molecule has 1 aromatic rings. The first kappa shape index (κ1) is 12.9. The third-order valence-corrected chi connectivity index (χ3v) is 3.40. The number of anilines is 1. The molecule has 0 aromatic heterocycles. The third-order valence-electron chi connectivity index (χ3n) is 3.40. The van der Waals surface area contributed by atoms with Crippen LogP contribution < -0.4 is 11.1 Å². The molecular weight excluding hydrogens is 226 g/mol. The van der Waals surface area contributed by atoms with Crippen molar-refractivity contribution in [3.63, 3.8) is 0 Å². The van der Waals surface area contributed by atoms with Crippen molar-refractivity contribution in [3.05, 3.63) is 29.8 Å². The van der Waals surface area contributed by atoms with E-state index in [-0.39, 0.29) is 12.1 Å². The lowest BCUT2D eigenvalue weighted by Gasteiger charge is -2.17. The van der Waals surface area contributed by atoms with Gasteiger partial charge in [0.25, 0.3) is 0 Å². The molecule has 0 spiro atoms. The number of urea groups is 1. The summed E-state index contributed by atoms with van der Waals surface area (Å²) < 4.78 is 0. The first-order chi connectivity index (χ1) is 8.56. The minimum absolute atomic E-state index is 0.00658. The molecule has 1 saturated heterocycles. The van der Waals surface area contributed by atoms with Gasteiger partial charge in [-0.1, -0.05) is 19.1 Å². The van der Waals surface area contributed by atoms with Crippen molar-refractivity contribution in [2.75, 3.05) is 18.4 Å². The lowest BCUT2D eigenvalue weighted by molar-refractivity contribution is 0.221. The molecule has 0 bridgehead atoms. The Balaban J connectivity index is 1.95. The zero-order valence-corrected chi connectivity index (χ0v) is 11.0. The Labute approximate surface area is 108 Å². The van der Waals surface area contributed by atoms with Crippen LogP contribution in [0.2, 0.25) is 0 Å². The molecule has 18 heavy (non-hydrogen) atoms. The van der Waals surface area contributed by atoms with Gasteiger partial charge in [-0.15, -0.1) is 0 Å². The van der Waals surface area contributed by atoms with Gasteiger partial charge >= 0.3 is 6.03 Å². The maximum Gasteiger partial charge on any atom is 0.321 e. The molecule has 98 valence electrons. The summed E-state index contributed by atoms with van der Waals surface area (Å²) >= 11 is 0. The van der Waals surface area contributed by atoms with Crippen LogP contribution in [0.3, 0.4) is 0 Å². The minimum Gasteiger partial charge on any atom is -0.324 e. The normalized spacial score (nSPS) is 20.8. The van der Waals surface area contributed by atoms with E-state index in [1.54, 1.807) is 0 Å². The molecular formula is C14H21N3O. The average Bonchev–Trinajstić information content (AvgIpc) is 2.76. The molecule has 0 saturated carbocycles. The predicted octanol–water partition coefficient (Wildman–Crippen LogP) is 2.58. The van der Waals surface area contributed by atoms with Crippen molar-refractivity contribution in [3.8, 4) is 0 Å². The van der Waals surface area contributed by atoms with Gasteiger partial charge < -0.3 is 16.0 Å². The van der Waals surface area contributed by atoms with Gasteiger partial charge in [0, 0.05) is 24.8 Å². The largest absolute Gasteiger partial charge is 0.324 e. The minimum atomic E-state index is -0.00658. The molecule has 1 aliphatic rings. The molecule has 2 amide bonds. The van der Waals surface area contributed by atoms with E-state index in [0.717, 1.165) is 30.8 Å². The van der Waals surface area contributed by atoms with Crippen molar-refractivity contribution in [1.82, 2.24) is 4.90 Å². The molecule has 1 aromatic carbocycles. The van der Waals surface area contributed by atoms with Crippen LogP contribution in [0.4, 0.5) is 10.5 Å². The molecule has 1 aliphatic heterocycles. The molecule has 0 radical (unpaired) electrons. The second-order valence-corrected chi connectivity index (χ2v) is 5.18. The topological polar surface area (TPSA) is 58.4 Å². The van der Waals surface area contributed by atoms with Gasteiger partial charge in [0.15, 0.2) is 0 Å². The molecule has 1 fully saturated rings. The van der Waals surface area contributed by atoms with E-state index < -0.39 is 0 Å². The third kappa shape index (κ3) is 3.01. The van der Waals surface area contributed by atoms with E-state index in [9.17, 15) is 4.79 Å². The molecule has 4 heteroatoms. The summed E-state index contributed by atoms with van der Waals surface area (Å²) in [7, 11) is 0. The van der Waals surface area contributed by atoms with Crippen LogP contribution in [-0.2, 0) is 0 Å². The molecule has 2 unspecified atom stereocenters. The molecule has 3 N–H and O–H groups in total. The van der Waals surface area contributed by atoms with Gasteiger partial charge in [-0.05, 0) is 37.0 Å². The van der Waals surface area contributed by atoms with E-state index in [0.29, 0.717) is 5.92 Å². The van der Waals surface area contributed by atoms with Gasteiger partial charge in [0.05, 0.1) is 0 Å². The number of nitrogens with zero attached hydrogens (tertiary/aromatic N) is 1. The summed E-state index contributed by atoms with van der Waals surface area (Å²) in [6.07, 6.45) is 1.09. The monoisotopic (exact) mass is 247 g/mol. The fraction of sp³-hybridized carbons (Fsp3) is 0.500. The second kappa shape index (κ2) is 5.40. The Hall–Kier alpha value is -1.55. The van der Waals surface area contributed by atoms with Crippen molar-refractivity contribution < 1.29 is 4.79 Å². The van der Waals surface area contributed by atoms with Crippen molar-refractivity contribution >= 4 is 11.7 Å². The standard InChI is InChI=1S/C14H21N3O/c1-10-7-8-17(9-10)14(18)16-13-5-3-12(4-6-13)11(2)15/h3-6,10-11H,7-9,15H2,1-2H3,(H,16,18). The Morgan fingerprint density at radius 2 is 2.11 bits per heavy atom. The van der Waals surface area contributed by atoms with Gasteiger partial charge in [0.1, 0.15) is 0 Å². The number of hydrogen-bond acceptors (Lipinski definition) is 2. The summed E-state index contributed by atoms with van der Waals surface area (Å²) in [6, 6.07) is 7.72. The summed E-state index contributed by atoms with van der Waals surface area (Å²) in [4.78, 5) is 13.8. The summed E-state index contributed by atoms with van der Waals surface area (Å²) in [5.74, 6) is 0.608. The van der Waals surface area contributed by atoms with Gasteiger partial charge in [-0.2, -0.15) is 0 Å². The van der Waals surface area contributed by atoms with Crippen LogP contribution >= 0.6 is 0 Å². The predicted molar refractivity (Wildman–Crippen MR) is 73.4 cm³/mol. The zero-order valence-electron chi connectivity index (χ0n) is 11.0. The van der Waals surface area contributed by atoms with E-state index in [4.69, 9.17) is 5.73 Å². The number of carbonyl (C=O) groups is 1. The molecule has 1 heterocycles. The highest BCUT2D eigenvalue weighted by Gasteiger charge is 2.22. The fourth-order valence-corrected chi connectivity index (χ4v) is 2.19. The lowest BCUT2D eigenvalue weighted by atomic mass is 10.1. The molecule has 0 aliphatic carbocycles. The van der Waals surface area contributed by atoms with Crippen molar-refractivity contribution in [2.45, 2.75) is 26.3 Å². The first-order valence-corrected chi connectivity index (χ1v) is 6.47. The van der Waals surface area contributed by atoms with Gasteiger partial charge in [0.2, 0.25) is 0 Å². The van der Waals surface area contributed by atoms with Crippen LogP contribution in [0.15, 0.2) is 24.3 Å². The maximum absolute atomic E-state index is 12.0. The number of nitrogens with two attached hydrogens (primary N) is 1. The smallest absolute Gasteiger partial charge is 0.321 e. The molecule has 4 nitrogen and oxygen atoms in total. The van der Waals surface area contributed by atoms with Crippen LogP contribution in [0.5, 0.6) is 0 Å². The number of amides is 2. The van der Waals surface area contributed by atoms with Gasteiger partial charge in [-0.3, -0.25) is 0 Å². The van der Waals surface area contributed by atoms with Crippen LogP contribution in [0, 0.1) is 5.92 Å². The molecule has 2 rings (SSSR count). The van der Waals surface area contributed by atoms with Crippen LogP contribution in [-0.4, -0.2) is 24.0 Å². The summed E-state index contributed by atoms with van der Waals surface area (Å²) in [5, 5.41) is 2.92.